The van der Waals surface area contributed by atoms with E-state index in [-0.39, 0.29) is 11.0 Å². The number of rotatable bonds is 8. The van der Waals surface area contributed by atoms with E-state index in [0.29, 0.717) is 13.2 Å². The average molecular weight is 401 g/mol. The molecule has 0 fully saturated rings. The van der Waals surface area contributed by atoms with Gasteiger partial charge in [-0.15, -0.1) is 0 Å². The van der Waals surface area contributed by atoms with Gasteiger partial charge in [0.1, 0.15) is 6.04 Å². The lowest BCUT2D eigenvalue weighted by molar-refractivity contribution is -0.144. The van der Waals surface area contributed by atoms with E-state index in [1.165, 1.54) is 7.11 Å². The maximum Gasteiger partial charge on any atom is 0.325 e. The van der Waals surface area contributed by atoms with Crippen LogP contribution in [0, 0.1) is 0 Å². The van der Waals surface area contributed by atoms with Crippen molar-refractivity contribution in [2.75, 3.05) is 13.7 Å². The van der Waals surface area contributed by atoms with Gasteiger partial charge in [0.05, 0.1) is 19.4 Å². The number of carbonyl (C=O) groups is 1. The summed E-state index contributed by atoms with van der Waals surface area (Å²) < 4.78 is 11.2. The minimum Gasteiger partial charge on any atom is -0.468 e. The van der Waals surface area contributed by atoms with Crippen LogP contribution in [-0.2, 0) is 20.5 Å². The van der Waals surface area contributed by atoms with Crippen LogP contribution in [0.15, 0.2) is 48.7 Å². The van der Waals surface area contributed by atoms with E-state index in [0.717, 1.165) is 16.8 Å². The molecule has 0 saturated heterocycles. The lowest BCUT2D eigenvalue weighted by Gasteiger charge is -2.37. The molecular weight excluding hydrogens is 368 g/mol. The van der Waals surface area contributed by atoms with Gasteiger partial charge >= 0.3 is 5.97 Å². The van der Waals surface area contributed by atoms with E-state index < -0.39 is 14.4 Å². The van der Waals surface area contributed by atoms with Crippen LogP contribution in [0.2, 0.25) is 18.1 Å². The first-order valence-electron chi connectivity index (χ1n) is 9.59. The molecule has 0 aliphatic carbocycles. The van der Waals surface area contributed by atoms with Crippen molar-refractivity contribution >= 4 is 14.3 Å². The van der Waals surface area contributed by atoms with Crippen molar-refractivity contribution < 1.29 is 14.0 Å². The molecule has 0 radical (unpaired) electrons. The van der Waals surface area contributed by atoms with E-state index in [2.05, 4.69) is 44.2 Å². The van der Waals surface area contributed by atoms with Crippen LogP contribution in [-0.4, -0.2) is 39.0 Å². The normalized spacial score (nSPS) is 13.2. The lowest BCUT2D eigenvalue weighted by Crippen LogP contribution is -2.47. The standard InChI is InChI=1S/C22H32N2O3Si/c1-22(2,3)28(5,6)27-16-20(21(25)26-4)24-15-17-10-12-18(13-11-17)19-9-7-8-14-23-19/h7-14,20,24H,15-16H2,1-6H3. The molecule has 0 saturated carbocycles. The van der Waals surface area contributed by atoms with Crippen LogP contribution in [0.3, 0.4) is 0 Å². The minimum atomic E-state index is -1.93. The molecule has 1 atom stereocenters. The van der Waals surface area contributed by atoms with Gasteiger partial charge in [-0.05, 0) is 35.8 Å². The molecule has 2 rings (SSSR count). The first kappa shape index (κ1) is 22.3. The van der Waals surface area contributed by atoms with E-state index in [1.807, 2.05) is 42.5 Å². The number of hydrogen-bond acceptors (Lipinski definition) is 5. The van der Waals surface area contributed by atoms with Crippen LogP contribution in [0.5, 0.6) is 0 Å². The highest BCUT2D eigenvalue weighted by Crippen LogP contribution is 2.36. The molecule has 0 amide bonds. The fourth-order valence-corrected chi connectivity index (χ4v) is 3.45. The second-order valence-corrected chi connectivity index (χ2v) is 13.2. The number of nitrogens with zero attached hydrogens (tertiary/aromatic N) is 1. The van der Waals surface area contributed by atoms with Crippen molar-refractivity contribution in [1.29, 1.82) is 0 Å². The van der Waals surface area contributed by atoms with Crippen molar-refractivity contribution in [3.05, 3.63) is 54.2 Å². The smallest absolute Gasteiger partial charge is 0.325 e. The Kier molecular flexibility index (Phi) is 7.52. The lowest BCUT2D eigenvalue weighted by atomic mass is 10.1. The Hall–Kier alpha value is -2.02. The SMILES string of the molecule is COC(=O)C(CO[Si](C)(C)C(C)(C)C)NCc1ccc(-c2ccccn2)cc1. The summed E-state index contributed by atoms with van der Waals surface area (Å²) in [6, 6.07) is 13.5. The van der Waals surface area contributed by atoms with E-state index >= 15 is 0 Å². The van der Waals surface area contributed by atoms with Crippen molar-refractivity contribution in [3.63, 3.8) is 0 Å². The summed E-state index contributed by atoms with van der Waals surface area (Å²) in [5.74, 6) is -0.302. The second kappa shape index (κ2) is 9.45. The molecule has 6 heteroatoms. The zero-order chi connectivity index (χ0) is 20.8. The fraction of sp³-hybridized carbons (Fsp3) is 0.455. The first-order valence-corrected chi connectivity index (χ1v) is 12.5. The third kappa shape index (κ3) is 5.99. The Bertz CT molecular complexity index is 756. The summed E-state index contributed by atoms with van der Waals surface area (Å²) in [6.45, 7) is 11.8. The van der Waals surface area contributed by atoms with Gasteiger partial charge in [-0.2, -0.15) is 0 Å². The van der Waals surface area contributed by atoms with Crippen molar-refractivity contribution in [3.8, 4) is 11.3 Å². The average Bonchev–Trinajstić information content (AvgIpc) is 2.67. The quantitative estimate of drug-likeness (QED) is 0.526. The molecule has 0 bridgehead atoms. The Morgan fingerprint density at radius 1 is 1.14 bits per heavy atom. The number of hydrogen-bond donors (Lipinski definition) is 1. The van der Waals surface area contributed by atoms with Crippen molar-refractivity contribution in [2.24, 2.45) is 0 Å². The third-order valence-electron chi connectivity index (χ3n) is 5.37. The fourth-order valence-electron chi connectivity index (χ4n) is 2.43. The van der Waals surface area contributed by atoms with Gasteiger partial charge in [0.25, 0.3) is 0 Å². The number of benzene rings is 1. The number of nitrogens with one attached hydrogen (secondary N) is 1. The van der Waals surface area contributed by atoms with Crippen molar-refractivity contribution in [1.82, 2.24) is 10.3 Å². The van der Waals surface area contributed by atoms with Crippen molar-refractivity contribution in [2.45, 2.75) is 51.5 Å². The summed E-state index contributed by atoms with van der Waals surface area (Å²) in [5, 5.41) is 3.37. The Labute approximate surface area is 169 Å². The molecule has 28 heavy (non-hydrogen) atoms. The summed E-state index contributed by atoms with van der Waals surface area (Å²) in [5.41, 5.74) is 3.09. The molecule has 5 nitrogen and oxygen atoms in total. The number of methoxy groups -OCH3 is 1. The van der Waals surface area contributed by atoms with Crippen LogP contribution in [0.4, 0.5) is 0 Å². The molecule has 0 aliphatic rings. The minimum absolute atomic E-state index is 0.0922. The monoisotopic (exact) mass is 400 g/mol. The maximum absolute atomic E-state index is 12.2. The molecule has 1 aromatic heterocycles. The van der Waals surface area contributed by atoms with E-state index in [9.17, 15) is 4.79 Å². The molecule has 1 aromatic carbocycles. The number of carbonyl (C=O) groups excluding carboxylic acids is 1. The molecule has 0 spiro atoms. The largest absolute Gasteiger partial charge is 0.468 e. The second-order valence-electron chi connectivity index (χ2n) is 8.44. The van der Waals surface area contributed by atoms with Gasteiger partial charge < -0.3 is 9.16 Å². The first-order chi connectivity index (χ1) is 13.1. The maximum atomic E-state index is 12.2. The van der Waals surface area contributed by atoms with Crippen LogP contribution in [0.25, 0.3) is 11.3 Å². The van der Waals surface area contributed by atoms with Gasteiger partial charge in [-0.1, -0.05) is 51.1 Å². The zero-order valence-electron chi connectivity index (χ0n) is 17.8. The molecule has 1 unspecified atom stereocenters. The van der Waals surface area contributed by atoms with Crippen LogP contribution < -0.4 is 5.32 Å². The Morgan fingerprint density at radius 3 is 2.36 bits per heavy atom. The molecule has 152 valence electrons. The number of esters is 1. The van der Waals surface area contributed by atoms with E-state index in [4.69, 9.17) is 9.16 Å². The van der Waals surface area contributed by atoms with Gasteiger partial charge in [0.2, 0.25) is 0 Å². The van der Waals surface area contributed by atoms with Gasteiger partial charge in [0.15, 0.2) is 8.32 Å². The predicted octanol–water partition coefficient (Wildman–Crippen LogP) is 4.40. The van der Waals surface area contributed by atoms with E-state index in [1.54, 1.807) is 6.20 Å². The Balaban J connectivity index is 1.99. The predicted molar refractivity (Wildman–Crippen MR) is 115 cm³/mol. The highest BCUT2D eigenvalue weighted by molar-refractivity contribution is 6.74. The molecular formula is C22H32N2O3Si. The summed E-state index contributed by atoms with van der Waals surface area (Å²) in [7, 11) is -0.527. The summed E-state index contributed by atoms with van der Waals surface area (Å²) in [4.78, 5) is 16.5. The summed E-state index contributed by atoms with van der Waals surface area (Å²) >= 11 is 0. The van der Waals surface area contributed by atoms with Gasteiger partial charge in [-0.25, -0.2) is 0 Å². The number of ether oxygens (including phenoxy) is 1. The highest BCUT2D eigenvalue weighted by atomic mass is 28.4. The summed E-state index contributed by atoms with van der Waals surface area (Å²) in [6.07, 6.45) is 1.79. The van der Waals surface area contributed by atoms with Gasteiger partial charge in [0, 0.05) is 18.3 Å². The Morgan fingerprint density at radius 2 is 1.82 bits per heavy atom. The van der Waals surface area contributed by atoms with Crippen LogP contribution in [0.1, 0.15) is 26.3 Å². The third-order valence-corrected chi connectivity index (χ3v) is 9.87. The van der Waals surface area contributed by atoms with Gasteiger partial charge in [-0.3, -0.25) is 15.1 Å². The highest BCUT2D eigenvalue weighted by Gasteiger charge is 2.38. The van der Waals surface area contributed by atoms with Crippen LogP contribution >= 0.6 is 0 Å². The molecule has 1 N–H and O–H groups in total. The molecule has 2 aromatic rings. The molecule has 0 aliphatic heterocycles. The number of aromatic nitrogens is 1. The topological polar surface area (TPSA) is 60.5 Å². The zero-order valence-corrected chi connectivity index (χ0v) is 18.8. The molecule has 1 heterocycles. The number of pyridine rings is 1.